The van der Waals surface area contributed by atoms with E-state index in [-0.39, 0.29) is 25.8 Å². The Bertz CT molecular complexity index is 174. The van der Waals surface area contributed by atoms with Gasteiger partial charge in [-0.15, -0.1) is 0 Å². The fourth-order valence-electron chi connectivity index (χ4n) is 1.49. The van der Waals surface area contributed by atoms with Gasteiger partial charge in [-0.1, -0.05) is 39.0 Å². The smallest absolute Gasteiger partial charge is 0.305 e. The lowest BCUT2D eigenvalue weighted by molar-refractivity contribution is -0.145. The normalized spacial score (nSPS) is 10.5. The van der Waals surface area contributed by atoms with E-state index < -0.39 is 6.67 Å². The lowest BCUT2D eigenvalue weighted by Crippen LogP contribution is -2.11. The van der Waals surface area contributed by atoms with E-state index in [1.165, 1.54) is 25.7 Å². The summed E-state index contributed by atoms with van der Waals surface area (Å²) in [5.41, 5.74) is 0. The van der Waals surface area contributed by atoms with Crippen LogP contribution in [0.25, 0.3) is 0 Å². The van der Waals surface area contributed by atoms with Crippen molar-refractivity contribution in [3.05, 3.63) is 0 Å². The molecule has 0 saturated heterocycles. The molecule has 0 bridgehead atoms. The first kappa shape index (κ1) is 16.4. The Balaban J connectivity index is 3.12. The van der Waals surface area contributed by atoms with Gasteiger partial charge in [0, 0.05) is 6.42 Å². The second kappa shape index (κ2) is 13.4. The van der Waals surface area contributed by atoms with Crippen LogP contribution in [-0.2, 0) is 14.3 Å². The molecule has 0 unspecified atom stereocenters. The van der Waals surface area contributed by atoms with E-state index in [0.29, 0.717) is 6.42 Å². The van der Waals surface area contributed by atoms with Crippen LogP contribution >= 0.6 is 0 Å². The van der Waals surface area contributed by atoms with E-state index in [0.717, 1.165) is 12.8 Å². The second-order valence-corrected chi connectivity index (χ2v) is 4.04. The Hall–Kier alpha value is -0.640. The number of rotatable bonds is 12. The predicted octanol–water partition coefficient (Wildman–Crippen LogP) is 3.27. The molecule has 0 fully saturated rings. The molecule has 0 spiro atoms. The van der Waals surface area contributed by atoms with Crippen molar-refractivity contribution in [1.29, 1.82) is 0 Å². The SMILES string of the molecule is CCCCCCCCC(=O)OCCOCCF. The van der Waals surface area contributed by atoms with Crippen molar-refractivity contribution in [2.24, 2.45) is 0 Å². The van der Waals surface area contributed by atoms with E-state index in [4.69, 9.17) is 9.47 Å². The number of ether oxygens (including phenoxy) is 2. The lowest BCUT2D eigenvalue weighted by atomic mass is 10.1. The largest absolute Gasteiger partial charge is 0.463 e. The van der Waals surface area contributed by atoms with Crippen LogP contribution in [0.4, 0.5) is 4.39 Å². The van der Waals surface area contributed by atoms with Crippen LogP contribution < -0.4 is 0 Å². The highest BCUT2D eigenvalue weighted by atomic mass is 19.1. The summed E-state index contributed by atoms with van der Waals surface area (Å²) in [7, 11) is 0. The van der Waals surface area contributed by atoms with Gasteiger partial charge in [-0.2, -0.15) is 0 Å². The number of alkyl halides is 1. The van der Waals surface area contributed by atoms with Crippen LogP contribution in [0.15, 0.2) is 0 Å². The number of carbonyl (C=O) groups is 1. The topological polar surface area (TPSA) is 35.5 Å². The van der Waals surface area contributed by atoms with Gasteiger partial charge in [0.15, 0.2) is 0 Å². The zero-order chi connectivity index (χ0) is 12.8. The van der Waals surface area contributed by atoms with Crippen molar-refractivity contribution in [3.8, 4) is 0 Å². The number of hydrogen-bond acceptors (Lipinski definition) is 3. The fourth-order valence-corrected chi connectivity index (χ4v) is 1.49. The molecule has 0 aliphatic rings. The summed E-state index contributed by atoms with van der Waals surface area (Å²) in [4.78, 5) is 11.2. The molecule has 0 atom stereocenters. The first-order valence-electron chi connectivity index (χ1n) is 6.60. The van der Waals surface area contributed by atoms with E-state index in [2.05, 4.69) is 6.92 Å². The van der Waals surface area contributed by atoms with Crippen LogP contribution in [-0.4, -0.2) is 32.5 Å². The summed E-state index contributed by atoms with van der Waals surface area (Å²) < 4.78 is 21.4. The first-order valence-corrected chi connectivity index (χ1v) is 6.60. The molecular formula is C13H25FO3. The molecule has 0 saturated carbocycles. The minimum Gasteiger partial charge on any atom is -0.463 e. The molecule has 3 nitrogen and oxygen atoms in total. The zero-order valence-corrected chi connectivity index (χ0v) is 10.9. The predicted molar refractivity (Wildman–Crippen MR) is 65.7 cm³/mol. The number of halogens is 1. The lowest BCUT2D eigenvalue weighted by Gasteiger charge is -2.05. The van der Waals surface area contributed by atoms with Gasteiger partial charge >= 0.3 is 5.97 Å². The molecule has 0 radical (unpaired) electrons. The summed E-state index contributed by atoms with van der Waals surface area (Å²) in [5, 5.41) is 0. The summed E-state index contributed by atoms with van der Waals surface area (Å²) in [6.45, 7) is 2.28. The minimum absolute atomic E-state index is 0.0784. The molecule has 0 rings (SSSR count). The second-order valence-electron chi connectivity index (χ2n) is 4.04. The molecule has 0 amide bonds. The molecule has 0 N–H and O–H groups in total. The summed E-state index contributed by atoms with van der Waals surface area (Å²) in [6.07, 6.45) is 7.43. The van der Waals surface area contributed by atoms with E-state index >= 15 is 0 Å². The third-order valence-corrected chi connectivity index (χ3v) is 2.45. The quantitative estimate of drug-likeness (QED) is 0.393. The third-order valence-electron chi connectivity index (χ3n) is 2.45. The molecule has 0 aromatic carbocycles. The minimum atomic E-state index is -0.494. The number of hydrogen-bond donors (Lipinski definition) is 0. The number of carbonyl (C=O) groups excluding carboxylic acids is 1. The molecule has 0 aromatic heterocycles. The van der Waals surface area contributed by atoms with Gasteiger partial charge in [0.2, 0.25) is 0 Å². The Kier molecular flexibility index (Phi) is 12.9. The summed E-state index contributed by atoms with van der Waals surface area (Å²) >= 11 is 0. The van der Waals surface area contributed by atoms with Crippen LogP contribution in [0.3, 0.4) is 0 Å². The standard InChI is InChI=1S/C13H25FO3/c1-2-3-4-5-6-7-8-13(15)17-12-11-16-10-9-14/h2-12H2,1H3. The summed E-state index contributed by atoms with van der Waals surface area (Å²) in [5.74, 6) is -0.177. The van der Waals surface area contributed by atoms with Crippen molar-refractivity contribution in [3.63, 3.8) is 0 Å². The maximum atomic E-state index is 11.6. The number of esters is 1. The van der Waals surface area contributed by atoms with Crippen molar-refractivity contribution < 1.29 is 18.7 Å². The molecule has 0 aromatic rings. The highest BCUT2D eigenvalue weighted by molar-refractivity contribution is 5.69. The van der Waals surface area contributed by atoms with Crippen LogP contribution in [0.1, 0.15) is 51.9 Å². The molecule has 17 heavy (non-hydrogen) atoms. The van der Waals surface area contributed by atoms with Crippen molar-refractivity contribution >= 4 is 5.97 Å². The highest BCUT2D eigenvalue weighted by Gasteiger charge is 2.02. The Labute approximate surface area is 104 Å². The van der Waals surface area contributed by atoms with E-state index in [9.17, 15) is 9.18 Å². The maximum Gasteiger partial charge on any atom is 0.305 e. The maximum absolute atomic E-state index is 11.6. The van der Waals surface area contributed by atoms with Crippen LogP contribution in [0.2, 0.25) is 0 Å². The Morgan fingerprint density at radius 3 is 2.41 bits per heavy atom. The van der Waals surface area contributed by atoms with Crippen molar-refractivity contribution in [2.75, 3.05) is 26.5 Å². The fraction of sp³-hybridized carbons (Fsp3) is 0.923. The van der Waals surface area contributed by atoms with Gasteiger partial charge in [0.05, 0.1) is 13.2 Å². The Morgan fingerprint density at radius 2 is 1.71 bits per heavy atom. The van der Waals surface area contributed by atoms with Crippen LogP contribution in [0, 0.1) is 0 Å². The monoisotopic (exact) mass is 248 g/mol. The molecule has 4 heteroatoms. The van der Waals surface area contributed by atoms with Gasteiger partial charge in [-0.3, -0.25) is 4.79 Å². The third kappa shape index (κ3) is 13.3. The highest BCUT2D eigenvalue weighted by Crippen LogP contribution is 2.07. The van der Waals surface area contributed by atoms with Gasteiger partial charge in [0.25, 0.3) is 0 Å². The average Bonchev–Trinajstić information content (AvgIpc) is 2.33. The molecule has 0 aliphatic heterocycles. The van der Waals surface area contributed by atoms with Crippen molar-refractivity contribution in [2.45, 2.75) is 51.9 Å². The van der Waals surface area contributed by atoms with Gasteiger partial charge in [0.1, 0.15) is 13.3 Å². The van der Waals surface area contributed by atoms with Crippen LogP contribution in [0.5, 0.6) is 0 Å². The molecule has 0 heterocycles. The summed E-state index contributed by atoms with van der Waals surface area (Å²) in [6, 6.07) is 0. The Morgan fingerprint density at radius 1 is 1.00 bits per heavy atom. The zero-order valence-electron chi connectivity index (χ0n) is 10.9. The van der Waals surface area contributed by atoms with Gasteiger partial charge in [-0.25, -0.2) is 4.39 Å². The number of unbranched alkanes of at least 4 members (excludes halogenated alkanes) is 5. The van der Waals surface area contributed by atoms with E-state index in [1.807, 2.05) is 0 Å². The molecular weight excluding hydrogens is 223 g/mol. The first-order chi connectivity index (χ1) is 8.31. The van der Waals surface area contributed by atoms with Crippen molar-refractivity contribution in [1.82, 2.24) is 0 Å². The van der Waals surface area contributed by atoms with Gasteiger partial charge in [-0.05, 0) is 6.42 Å². The average molecular weight is 248 g/mol. The van der Waals surface area contributed by atoms with E-state index in [1.54, 1.807) is 0 Å². The molecule has 0 aliphatic carbocycles. The van der Waals surface area contributed by atoms with Gasteiger partial charge < -0.3 is 9.47 Å². The molecule has 102 valence electrons.